The van der Waals surface area contributed by atoms with Crippen molar-refractivity contribution in [1.82, 2.24) is 15.5 Å². The molecule has 0 saturated carbocycles. The van der Waals surface area contributed by atoms with Gasteiger partial charge < -0.3 is 10.6 Å². The lowest BCUT2D eigenvalue weighted by Gasteiger charge is -2.26. The molecule has 3 rings (SSSR count). The van der Waals surface area contributed by atoms with E-state index in [4.69, 9.17) is 0 Å². The van der Waals surface area contributed by atoms with Gasteiger partial charge in [-0.3, -0.25) is 9.69 Å². The van der Waals surface area contributed by atoms with Crippen molar-refractivity contribution in [2.24, 2.45) is 0 Å². The van der Waals surface area contributed by atoms with E-state index < -0.39 is 0 Å². The first-order valence-corrected chi connectivity index (χ1v) is 9.12. The number of likely N-dealkylation sites (tertiary alicyclic amines) is 1. The summed E-state index contributed by atoms with van der Waals surface area (Å²) in [5, 5.41) is 6.35. The molecule has 0 aliphatic carbocycles. The fourth-order valence-electron chi connectivity index (χ4n) is 3.53. The Labute approximate surface area is 139 Å². The molecule has 126 valence electrons. The second-order valence-corrected chi connectivity index (χ2v) is 6.87. The van der Waals surface area contributed by atoms with Gasteiger partial charge >= 0.3 is 0 Å². The highest BCUT2D eigenvalue weighted by atomic mass is 16.2. The van der Waals surface area contributed by atoms with Crippen LogP contribution in [0.1, 0.15) is 49.7 Å². The zero-order valence-electron chi connectivity index (χ0n) is 14.0. The fraction of sp³-hybridized carbons (Fsp3) is 0.632. The maximum atomic E-state index is 12.1. The van der Waals surface area contributed by atoms with Gasteiger partial charge in [0.2, 0.25) is 5.91 Å². The lowest BCUT2D eigenvalue weighted by atomic mass is 10.0. The van der Waals surface area contributed by atoms with E-state index in [2.05, 4.69) is 39.8 Å². The van der Waals surface area contributed by atoms with Crippen LogP contribution in [0.15, 0.2) is 24.3 Å². The Kier molecular flexibility index (Phi) is 6.06. The minimum atomic E-state index is 0.00197. The molecular weight excluding hydrogens is 286 g/mol. The number of nitrogens with zero attached hydrogens (tertiary/aromatic N) is 1. The first-order chi connectivity index (χ1) is 11.3. The van der Waals surface area contributed by atoms with Crippen LogP contribution in [0.2, 0.25) is 0 Å². The number of nitrogens with one attached hydrogen (secondary N) is 2. The molecule has 0 radical (unpaired) electrons. The minimum Gasteiger partial charge on any atom is -0.351 e. The number of hydrogen-bond acceptors (Lipinski definition) is 3. The molecule has 0 aromatic heterocycles. The molecule has 0 bridgehead atoms. The van der Waals surface area contributed by atoms with Gasteiger partial charge in [-0.1, -0.05) is 37.1 Å². The van der Waals surface area contributed by atoms with E-state index in [1.165, 1.54) is 49.9 Å². The molecule has 2 heterocycles. The first-order valence-electron chi connectivity index (χ1n) is 9.12. The SMILES string of the molecule is O=C(NCc1ccc(CN2CCCCC2)cc1)[C@H]1CCCCN1. The summed E-state index contributed by atoms with van der Waals surface area (Å²) >= 11 is 0. The molecule has 23 heavy (non-hydrogen) atoms. The lowest BCUT2D eigenvalue weighted by Crippen LogP contribution is -2.46. The van der Waals surface area contributed by atoms with Crippen LogP contribution < -0.4 is 10.6 Å². The van der Waals surface area contributed by atoms with E-state index in [0.29, 0.717) is 6.54 Å². The molecular formula is C19H29N3O. The standard InChI is InChI=1S/C19H29N3O/c23-19(18-6-2-3-11-20-18)21-14-16-7-9-17(10-8-16)15-22-12-4-1-5-13-22/h7-10,18,20H,1-6,11-15H2,(H,21,23)/t18-/m1/s1. The first kappa shape index (κ1) is 16.5. The summed E-state index contributed by atoms with van der Waals surface area (Å²) in [4.78, 5) is 14.7. The van der Waals surface area contributed by atoms with Crippen molar-refractivity contribution >= 4 is 5.91 Å². The Morgan fingerprint density at radius 3 is 2.48 bits per heavy atom. The topological polar surface area (TPSA) is 44.4 Å². The number of carbonyl (C=O) groups is 1. The number of piperidine rings is 2. The number of benzene rings is 1. The van der Waals surface area contributed by atoms with E-state index in [9.17, 15) is 4.79 Å². The average Bonchev–Trinajstić information content (AvgIpc) is 2.62. The second-order valence-electron chi connectivity index (χ2n) is 6.87. The fourth-order valence-corrected chi connectivity index (χ4v) is 3.53. The summed E-state index contributed by atoms with van der Waals surface area (Å²) in [5.74, 6) is 0.141. The van der Waals surface area contributed by atoms with Crippen molar-refractivity contribution in [1.29, 1.82) is 0 Å². The van der Waals surface area contributed by atoms with Crippen molar-refractivity contribution in [3.05, 3.63) is 35.4 Å². The van der Waals surface area contributed by atoms with Gasteiger partial charge in [0.15, 0.2) is 0 Å². The van der Waals surface area contributed by atoms with Gasteiger partial charge in [-0.25, -0.2) is 0 Å². The third-order valence-electron chi connectivity index (χ3n) is 4.97. The Hall–Kier alpha value is -1.39. The average molecular weight is 315 g/mol. The molecule has 1 atom stereocenters. The Balaban J connectivity index is 1.44. The molecule has 2 fully saturated rings. The van der Waals surface area contributed by atoms with Gasteiger partial charge in [0.25, 0.3) is 0 Å². The van der Waals surface area contributed by atoms with E-state index in [0.717, 1.165) is 25.9 Å². The van der Waals surface area contributed by atoms with Crippen molar-refractivity contribution in [2.45, 2.75) is 57.7 Å². The monoisotopic (exact) mass is 315 g/mol. The summed E-state index contributed by atoms with van der Waals surface area (Å²) in [6, 6.07) is 8.70. The molecule has 1 aromatic rings. The quantitative estimate of drug-likeness (QED) is 0.877. The summed E-state index contributed by atoms with van der Waals surface area (Å²) in [6.07, 6.45) is 7.34. The van der Waals surface area contributed by atoms with Gasteiger partial charge in [-0.2, -0.15) is 0 Å². The van der Waals surface area contributed by atoms with Gasteiger partial charge in [-0.15, -0.1) is 0 Å². The zero-order chi connectivity index (χ0) is 15.9. The van der Waals surface area contributed by atoms with Crippen LogP contribution in [0.5, 0.6) is 0 Å². The zero-order valence-corrected chi connectivity index (χ0v) is 14.0. The third-order valence-corrected chi connectivity index (χ3v) is 4.97. The highest BCUT2D eigenvalue weighted by Gasteiger charge is 2.19. The number of hydrogen-bond donors (Lipinski definition) is 2. The van der Waals surface area contributed by atoms with Crippen molar-refractivity contribution < 1.29 is 4.79 Å². The van der Waals surface area contributed by atoms with Crippen LogP contribution in [0.4, 0.5) is 0 Å². The smallest absolute Gasteiger partial charge is 0.237 e. The Morgan fingerprint density at radius 1 is 1.04 bits per heavy atom. The largest absolute Gasteiger partial charge is 0.351 e. The molecule has 2 aliphatic heterocycles. The summed E-state index contributed by atoms with van der Waals surface area (Å²) in [6.45, 7) is 5.10. The Bertz CT molecular complexity index is 488. The van der Waals surface area contributed by atoms with Crippen LogP contribution >= 0.6 is 0 Å². The number of rotatable bonds is 5. The number of amides is 1. The van der Waals surface area contributed by atoms with Crippen molar-refractivity contribution in [2.75, 3.05) is 19.6 Å². The normalized spacial score (nSPS) is 22.7. The molecule has 2 saturated heterocycles. The van der Waals surface area contributed by atoms with Crippen LogP contribution in [-0.2, 0) is 17.9 Å². The van der Waals surface area contributed by atoms with Gasteiger partial charge in [-0.05, 0) is 56.4 Å². The van der Waals surface area contributed by atoms with Crippen LogP contribution in [0.25, 0.3) is 0 Å². The number of carbonyl (C=O) groups excluding carboxylic acids is 1. The molecule has 1 amide bonds. The van der Waals surface area contributed by atoms with Crippen LogP contribution in [0.3, 0.4) is 0 Å². The molecule has 2 aliphatic rings. The molecule has 0 unspecified atom stereocenters. The van der Waals surface area contributed by atoms with Crippen molar-refractivity contribution in [3.63, 3.8) is 0 Å². The summed E-state index contributed by atoms with van der Waals surface area (Å²) in [5.41, 5.74) is 2.55. The molecule has 2 N–H and O–H groups in total. The minimum absolute atomic E-state index is 0.00197. The Morgan fingerprint density at radius 2 is 1.78 bits per heavy atom. The van der Waals surface area contributed by atoms with E-state index in [1.54, 1.807) is 0 Å². The predicted molar refractivity (Wildman–Crippen MR) is 93.1 cm³/mol. The second kappa shape index (κ2) is 8.46. The summed E-state index contributed by atoms with van der Waals surface area (Å²) < 4.78 is 0. The highest BCUT2D eigenvalue weighted by molar-refractivity contribution is 5.81. The van der Waals surface area contributed by atoms with Gasteiger partial charge in [0.05, 0.1) is 6.04 Å². The maximum absolute atomic E-state index is 12.1. The lowest BCUT2D eigenvalue weighted by molar-refractivity contribution is -0.123. The van der Waals surface area contributed by atoms with Crippen LogP contribution in [-0.4, -0.2) is 36.5 Å². The van der Waals surface area contributed by atoms with E-state index in [-0.39, 0.29) is 11.9 Å². The van der Waals surface area contributed by atoms with Gasteiger partial charge in [0.1, 0.15) is 0 Å². The van der Waals surface area contributed by atoms with Crippen LogP contribution in [0, 0.1) is 0 Å². The van der Waals surface area contributed by atoms with E-state index >= 15 is 0 Å². The molecule has 4 nitrogen and oxygen atoms in total. The molecule has 0 spiro atoms. The summed E-state index contributed by atoms with van der Waals surface area (Å²) in [7, 11) is 0. The maximum Gasteiger partial charge on any atom is 0.237 e. The van der Waals surface area contributed by atoms with Gasteiger partial charge in [0, 0.05) is 13.1 Å². The predicted octanol–water partition coefficient (Wildman–Crippen LogP) is 2.43. The molecule has 4 heteroatoms. The van der Waals surface area contributed by atoms with Crippen molar-refractivity contribution in [3.8, 4) is 0 Å². The van der Waals surface area contributed by atoms with E-state index in [1.807, 2.05) is 0 Å². The molecule has 1 aromatic carbocycles. The third kappa shape index (κ3) is 5.05. The highest BCUT2D eigenvalue weighted by Crippen LogP contribution is 2.14.